The average Bonchev–Trinajstić information content (AvgIpc) is 2.30. The van der Waals surface area contributed by atoms with Crippen LogP contribution in [0.25, 0.3) is 0 Å². The molecular weight excluding hydrogens is 240 g/mol. The van der Waals surface area contributed by atoms with E-state index < -0.39 is 24.1 Å². The summed E-state index contributed by atoms with van der Waals surface area (Å²) in [6.07, 6.45) is 0.880. The van der Waals surface area contributed by atoms with E-state index in [9.17, 15) is 9.59 Å². The van der Waals surface area contributed by atoms with Crippen LogP contribution in [0.1, 0.15) is 0 Å². The normalized spacial score (nSPS) is 16.4. The number of nitrogens with one attached hydrogen (secondary N) is 1. The van der Waals surface area contributed by atoms with Crippen molar-refractivity contribution in [2.24, 2.45) is 4.40 Å². The molecule has 2 atom stereocenters. The number of hydrogen-bond acceptors (Lipinski definition) is 7. The summed E-state index contributed by atoms with van der Waals surface area (Å²) < 4.78 is 6.59. The fourth-order valence-corrected chi connectivity index (χ4v) is 0.810. The first-order valence-corrected chi connectivity index (χ1v) is 4.66. The van der Waals surface area contributed by atoms with Crippen LogP contribution in [-0.4, -0.2) is 50.8 Å². The Labute approximate surface area is 94.6 Å². The van der Waals surface area contributed by atoms with Crippen molar-refractivity contribution in [3.8, 4) is 0 Å². The Bertz CT molecular complexity index is 275. The van der Waals surface area contributed by atoms with Crippen LogP contribution >= 0.6 is 12.1 Å². The monoisotopic (exact) mass is 250 g/mol. The number of carbonyl (C=O) groups is 2. The summed E-state index contributed by atoms with van der Waals surface area (Å²) in [4.78, 5) is 19.5. The van der Waals surface area contributed by atoms with Gasteiger partial charge in [0.25, 0.3) is 0 Å². The third-order valence-corrected chi connectivity index (χ3v) is 1.69. The number of aliphatic hydroxyl groups excluding tert-OH is 2. The molecule has 90 valence electrons. The third-order valence-electron chi connectivity index (χ3n) is 1.22. The van der Waals surface area contributed by atoms with Crippen LogP contribution in [0.3, 0.4) is 0 Å². The Hall–Kier alpha value is -1.58. The second-order valence-corrected chi connectivity index (χ2v) is 3.02. The molecule has 0 aromatic heterocycles. The van der Waals surface area contributed by atoms with Crippen molar-refractivity contribution < 1.29 is 30.0 Å². The lowest BCUT2D eigenvalue weighted by Crippen LogP contribution is -2.39. The molecule has 16 heavy (non-hydrogen) atoms. The average molecular weight is 250 g/mol. The van der Waals surface area contributed by atoms with Crippen LogP contribution in [0, 0.1) is 0 Å². The molecule has 0 amide bonds. The van der Waals surface area contributed by atoms with E-state index >= 15 is 0 Å². The molecule has 0 aromatic carbocycles. The predicted octanol–water partition coefficient (Wildman–Crippen LogP) is -1.39. The van der Waals surface area contributed by atoms with E-state index in [1.165, 1.54) is 12.1 Å². The fraction of sp³-hybridized carbons (Fsp3) is 0.286. The zero-order valence-corrected chi connectivity index (χ0v) is 8.66. The Morgan fingerprint density at radius 1 is 1.19 bits per heavy atom. The van der Waals surface area contributed by atoms with Gasteiger partial charge in [-0.25, -0.2) is 14.0 Å². The second-order valence-electron chi connectivity index (χ2n) is 2.39. The van der Waals surface area contributed by atoms with Gasteiger partial charge < -0.3 is 25.1 Å². The smallest absolute Gasteiger partial charge is 0.335 e. The first-order chi connectivity index (χ1) is 7.46. The van der Waals surface area contributed by atoms with E-state index in [0.29, 0.717) is 0 Å². The maximum absolute atomic E-state index is 9.77. The van der Waals surface area contributed by atoms with Gasteiger partial charge >= 0.3 is 11.9 Å². The van der Waals surface area contributed by atoms with E-state index in [-0.39, 0.29) is 0 Å². The van der Waals surface area contributed by atoms with Gasteiger partial charge in [-0.1, -0.05) is 0 Å². The highest BCUT2D eigenvalue weighted by Gasteiger charge is 2.29. The zero-order valence-electron chi connectivity index (χ0n) is 7.85. The molecule has 0 saturated carbocycles. The Kier molecular flexibility index (Phi) is 6.92. The fourth-order valence-electron chi connectivity index (χ4n) is 0.479. The summed E-state index contributed by atoms with van der Waals surface area (Å²) in [5.41, 5.74) is 0. The number of nitrogens with zero attached hydrogens (tertiary/aromatic N) is 1. The predicted molar refractivity (Wildman–Crippen MR) is 55.6 cm³/mol. The van der Waals surface area contributed by atoms with Crippen molar-refractivity contribution >= 4 is 30.3 Å². The Morgan fingerprint density at radius 2 is 1.69 bits per heavy atom. The van der Waals surface area contributed by atoms with E-state index in [1.807, 2.05) is 12.3 Å². The molecule has 0 bridgehead atoms. The van der Waals surface area contributed by atoms with Gasteiger partial charge in [0.05, 0.1) is 12.1 Å². The van der Waals surface area contributed by atoms with Crippen molar-refractivity contribution in [2.45, 2.75) is 12.2 Å². The van der Waals surface area contributed by atoms with E-state index in [4.69, 9.17) is 20.4 Å². The summed E-state index contributed by atoms with van der Waals surface area (Å²) >= 11 is 1.33. The molecule has 0 saturated heterocycles. The van der Waals surface area contributed by atoms with Gasteiger partial charge in [-0.2, -0.15) is 0 Å². The van der Waals surface area contributed by atoms with E-state index in [2.05, 4.69) is 9.12 Å². The maximum Gasteiger partial charge on any atom is 0.335 e. The second kappa shape index (κ2) is 7.68. The summed E-state index contributed by atoms with van der Waals surface area (Å²) in [6.45, 7) is 0. The molecule has 2 unspecified atom stereocenters. The minimum absolute atomic E-state index is 1.33. The molecular formula is C7H10N2O6S. The third kappa shape index (κ3) is 6.01. The Morgan fingerprint density at radius 3 is 1.81 bits per heavy atom. The lowest BCUT2D eigenvalue weighted by atomic mass is 10.2. The molecule has 0 fully saturated rings. The van der Waals surface area contributed by atoms with Crippen molar-refractivity contribution in [2.75, 3.05) is 0 Å². The topological polar surface area (TPSA) is 139 Å². The van der Waals surface area contributed by atoms with Gasteiger partial charge in [-0.15, -0.1) is 0 Å². The lowest BCUT2D eigenvalue weighted by molar-refractivity contribution is -0.165. The SMILES string of the molecule is C1=CNSN=C1.O=C(O)C(O)C(O)C(=O)O. The van der Waals surface area contributed by atoms with Crippen LogP contribution in [0.4, 0.5) is 0 Å². The molecule has 8 nitrogen and oxygen atoms in total. The molecule has 0 spiro atoms. The number of hydrogen-bond donors (Lipinski definition) is 5. The van der Waals surface area contributed by atoms with Crippen LogP contribution in [0.2, 0.25) is 0 Å². The van der Waals surface area contributed by atoms with Crippen LogP contribution in [-0.2, 0) is 9.59 Å². The molecule has 1 heterocycles. The quantitative estimate of drug-likeness (QED) is 0.386. The minimum Gasteiger partial charge on any atom is -0.479 e. The minimum atomic E-state index is -2.27. The van der Waals surface area contributed by atoms with Gasteiger partial charge in [0.15, 0.2) is 12.2 Å². The molecule has 0 aliphatic carbocycles. The standard InChI is InChI=1S/C4H6O6.C3H4N2S/c5-1(3(7)8)2(6)4(9)10;1-2-4-6-5-3-1/h1-2,5-6H,(H,7,8)(H,9,10);1-4H. The Balaban J connectivity index is 0.000000315. The molecule has 9 heteroatoms. The number of rotatable bonds is 3. The molecule has 0 radical (unpaired) electrons. The van der Waals surface area contributed by atoms with Gasteiger partial charge in [-0.05, 0) is 6.08 Å². The highest BCUT2D eigenvalue weighted by molar-refractivity contribution is 7.96. The molecule has 5 N–H and O–H groups in total. The van der Waals surface area contributed by atoms with Crippen LogP contribution in [0.15, 0.2) is 16.7 Å². The summed E-state index contributed by atoms with van der Waals surface area (Å²) in [7, 11) is 0. The van der Waals surface area contributed by atoms with Crippen molar-refractivity contribution in [3.05, 3.63) is 12.3 Å². The van der Waals surface area contributed by atoms with E-state index in [0.717, 1.165) is 0 Å². The number of aliphatic carboxylic acids is 2. The van der Waals surface area contributed by atoms with Gasteiger partial charge in [0.2, 0.25) is 0 Å². The van der Waals surface area contributed by atoms with Gasteiger partial charge in [0.1, 0.15) is 0 Å². The number of carboxylic acid groups (broad SMARTS) is 2. The highest BCUT2D eigenvalue weighted by atomic mass is 32.2. The molecule has 1 aliphatic heterocycles. The van der Waals surface area contributed by atoms with E-state index in [1.54, 1.807) is 6.21 Å². The van der Waals surface area contributed by atoms with Gasteiger partial charge in [-0.3, -0.25) is 0 Å². The van der Waals surface area contributed by atoms with Gasteiger partial charge in [0, 0.05) is 12.4 Å². The highest BCUT2D eigenvalue weighted by Crippen LogP contribution is 1.95. The maximum atomic E-state index is 9.77. The van der Waals surface area contributed by atoms with Crippen molar-refractivity contribution in [1.29, 1.82) is 0 Å². The zero-order chi connectivity index (χ0) is 12.6. The summed E-state index contributed by atoms with van der Waals surface area (Å²) in [5.74, 6) is -3.54. The summed E-state index contributed by atoms with van der Waals surface area (Å²) in [5, 5.41) is 32.5. The molecule has 0 aromatic rings. The molecule has 1 aliphatic rings. The largest absolute Gasteiger partial charge is 0.479 e. The lowest BCUT2D eigenvalue weighted by Gasteiger charge is -2.07. The summed E-state index contributed by atoms with van der Waals surface area (Å²) in [6, 6.07) is 0. The van der Waals surface area contributed by atoms with Crippen LogP contribution < -0.4 is 4.72 Å². The number of aliphatic hydroxyl groups is 2. The number of allylic oxidation sites excluding steroid dienone is 1. The first-order valence-electron chi connectivity index (χ1n) is 3.88. The first kappa shape index (κ1) is 14.4. The number of carboxylic acids is 2. The van der Waals surface area contributed by atoms with Crippen LogP contribution in [0.5, 0.6) is 0 Å². The van der Waals surface area contributed by atoms with Crippen molar-refractivity contribution in [3.63, 3.8) is 0 Å². The van der Waals surface area contributed by atoms with Crippen molar-refractivity contribution in [1.82, 2.24) is 4.72 Å². The molecule has 1 rings (SSSR count).